The maximum absolute atomic E-state index is 12.0. The lowest BCUT2D eigenvalue weighted by atomic mass is 9.91. The van der Waals surface area contributed by atoms with E-state index < -0.39 is 12.1 Å². The van der Waals surface area contributed by atoms with E-state index in [1.54, 1.807) is 0 Å². The number of carbonyl (C=O) groups is 3. The summed E-state index contributed by atoms with van der Waals surface area (Å²) in [7, 11) is 0. The molecule has 2 aliphatic rings. The Morgan fingerprint density at radius 2 is 1.55 bits per heavy atom. The van der Waals surface area contributed by atoms with Crippen LogP contribution in [0.3, 0.4) is 0 Å². The van der Waals surface area contributed by atoms with Crippen molar-refractivity contribution in [3.8, 4) is 0 Å². The van der Waals surface area contributed by atoms with Gasteiger partial charge >= 0.3 is 12.1 Å². The van der Waals surface area contributed by atoms with Crippen molar-refractivity contribution in [3.63, 3.8) is 0 Å². The van der Waals surface area contributed by atoms with Crippen LogP contribution in [-0.4, -0.2) is 53.9 Å². The summed E-state index contributed by atoms with van der Waals surface area (Å²) in [5, 5.41) is 2.43. The molecule has 3 N–H and O–H groups in total. The molecule has 2 unspecified atom stereocenters. The smallest absolute Gasteiger partial charge is 0.362 e. The highest BCUT2D eigenvalue weighted by Gasteiger charge is 2.62. The molecule has 2 rings (SSSR count). The lowest BCUT2D eigenvalue weighted by molar-refractivity contribution is -0.169. The van der Waals surface area contributed by atoms with Gasteiger partial charge in [-0.25, -0.2) is 0 Å². The molecule has 10 heteroatoms. The molecule has 0 aromatic heterocycles. The molecular weight excluding hydrogens is 502 g/mol. The quantitative estimate of drug-likeness (QED) is 0.329. The number of alkyl halides is 4. The maximum atomic E-state index is 12.0. The van der Waals surface area contributed by atoms with Crippen molar-refractivity contribution in [2.24, 2.45) is 28.4 Å². The van der Waals surface area contributed by atoms with Gasteiger partial charge in [0.05, 0.1) is 0 Å². The Labute approximate surface area is 185 Å². The third-order valence-electron chi connectivity index (χ3n) is 4.72. The van der Waals surface area contributed by atoms with Gasteiger partial charge in [-0.15, -0.1) is 0 Å². The highest BCUT2D eigenvalue weighted by Crippen LogP contribution is 2.62. The lowest BCUT2D eigenvalue weighted by Crippen LogP contribution is -2.35. The SMILES string of the molecule is CC(C)(C)CC(=O)N1CC2C(C1)C2(C)C.CCNC=O.CI.NC(=O)C(F)(F)F. The summed E-state index contributed by atoms with van der Waals surface area (Å²) >= 11 is 2.15. The average Bonchev–Trinajstić information content (AvgIpc) is 2.92. The van der Waals surface area contributed by atoms with Crippen molar-refractivity contribution in [2.75, 3.05) is 24.6 Å². The summed E-state index contributed by atoms with van der Waals surface area (Å²) in [6.07, 6.45) is -3.49. The summed E-state index contributed by atoms with van der Waals surface area (Å²) in [5.41, 5.74) is 4.44. The molecule has 6 nitrogen and oxygen atoms in total. The Hall–Kier alpha value is -1.07. The van der Waals surface area contributed by atoms with Crippen molar-refractivity contribution >= 4 is 40.8 Å². The van der Waals surface area contributed by atoms with Gasteiger partial charge in [0.25, 0.3) is 0 Å². The fraction of sp³-hybridized carbons (Fsp3) is 0.842. The molecule has 0 radical (unpaired) electrons. The number of nitrogens with zero attached hydrogens (tertiary/aromatic N) is 1. The van der Waals surface area contributed by atoms with Gasteiger partial charge in [-0.1, -0.05) is 57.2 Å². The molecule has 0 aromatic carbocycles. The number of piperidine rings is 1. The van der Waals surface area contributed by atoms with E-state index in [-0.39, 0.29) is 5.41 Å². The highest BCUT2D eigenvalue weighted by molar-refractivity contribution is 14.1. The van der Waals surface area contributed by atoms with Gasteiger partial charge in [0.2, 0.25) is 12.3 Å². The molecule has 1 aliphatic carbocycles. The molecule has 0 spiro atoms. The highest BCUT2D eigenvalue weighted by atomic mass is 127. The molecular formula is C19H35F3IN3O3. The summed E-state index contributed by atoms with van der Waals surface area (Å²) < 4.78 is 32.1. The van der Waals surface area contributed by atoms with Crippen LogP contribution in [0.5, 0.6) is 0 Å². The number of nitrogens with two attached hydrogens (primary N) is 1. The molecule has 2 atom stereocenters. The van der Waals surface area contributed by atoms with E-state index >= 15 is 0 Å². The van der Waals surface area contributed by atoms with E-state index in [1.165, 1.54) is 0 Å². The first-order chi connectivity index (χ1) is 13.1. The largest absolute Gasteiger partial charge is 0.470 e. The van der Waals surface area contributed by atoms with Gasteiger partial charge in [0.15, 0.2) is 0 Å². The molecule has 3 amide bonds. The molecule has 0 bridgehead atoms. The predicted octanol–water partition coefficient (Wildman–Crippen LogP) is 3.37. The average molecular weight is 537 g/mol. The van der Waals surface area contributed by atoms with Crippen LogP contribution in [0.4, 0.5) is 13.2 Å². The van der Waals surface area contributed by atoms with E-state index in [1.807, 2.05) is 11.9 Å². The van der Waals surface area contributed by atoms with Crippen LogP contribution in [0.15, 0.2) is 0 Å². The summed E-state index contributed by atoms with van der Waals surface area (Å²) in [6, 6.07) is 0. The van der Waals surface area contributed by atoms with Crippen LogP contribution < -0.4 is 11.1 Å². The van der Waals surface area contributed by atoms with E-state index in [4.69, 9.17) is 4.79 Å². The predicted molar refractivity (Wildman–Crippen MR) is 116 cm³/mol. The van der Waals surface area contributed by atoms with Gasteiger partial charge in [0.1, 0.15) is 0 Å². The molecule has 1 saturated carbocycles. The molecule has 172 valence electrons. The molecule has 1 heterocycles. The van der Waals surface area contributed by atoms with Gasteiger partial charge in [-0.2, -0.15) is 13.2 Å². The number of nitrogens with one attached hydrogen (secondary N) is 1. The topological polar surface area (TPSA) is 92.5 Å². The molecule has 0 aromatic rings. The van der Waals surface area contributed by atoms with Gasteiger partial charge in [0, 0.05) is 26.1 Å². The Morgan fingerprint density at radius 3 is 1.76 bits per heavy atom. The Morgan fingerprint density at radius 1 is 1.17 bits per heavy atom. The van der Waals surface area contributed by atoms with Gasteiger partial charge in [-0.3, -0.25) is 14.4 Å². The second-order valence-corrected chi connectivity index (χ2v) is 8.61. The van der Waals surface area contributed by atoms with Gasteiger partial charge < -0.3 is 16.0 Å². The molecule has 2 fully saturated rings. The van der Waals surface area contributed by atoms with E-state index in [0.29, 0.717) is 24.2 Å². The van der Waals surface area contributed by atoms with E-state index in [0.717, 1.165) is 31.5 Å². The zero-order valence-electron chi connectivity index (χ0n) is 18.3. The maximum Gasteiger partial charge on any atom is 0.470 e. The second-order valence-electron chi connectivity index (χ2n) is 8.61. The minimum absolute atomic E-state index is 0.124. The Kier molecular flexibility index (Phi) is 13.1. The summed E-state index contributed by atoms with van der Waals surface area (Å²) in [5.74, 6) is -0.346. The Bertz CT molecular complexity index is 521. The fourth-order valence-electron chi connectivity index (χ4n) is 2.98. The number of fused-ring (bicyclic) bond motifs is 1. The minimum Gasteiger partial charge on any atom is -0.362 e. The number of carbonyl (C=O) groups excluding carboxylic acids is 3. The monoisotopic (exact) mass is 537 g/mol. The zero-order chi connectivity index (χ0) is 23.6. The van der Waals surface area contributed by atoms with Crippen molar-refractivity contribution in [1.29, 1.82) is 0 Å². The first-order valence-electron chi connectivity index (χ1n) is 9.27. The van der Waals surface area contributed by atoms with Crippen LogP contribution in [0.2, 0.25) is 0 Å². The fourth-order valence-corrected chi connectivity index (χ4v) is 2.98. The van der Waals surface area contributed by atoms with Crippen molar-refractivity contribution < 1.29 is 27.6 Å². The molecule has 1 aliphatic heterocycles. The number of hydrogen-bond acceptors (Lipinski definition) is 3. The minimum atomic E-state index is -4.86. The van der Waals surface area contributed by atoms with Crippen LogP contribution in [0.1, 0.15) is 48.0 Å². The van der Waals surface area contributed by atoms with Crippen LogP contribution in [0, 0.1) is 22.7 Å². The first kappa shape index (κ1) is 30.1. The normalized spacial score (nSPS) is 21.0. The lowest BCUT2D eigenvalue weighted by Gasteiger charge is -2.26. The zero-order valence-corrected chi connectivity index (χ0v) is 20.5. The van der Waals surface area contributed by atoms with Crippen molar-refractivity contribution in [3.05, 3.63) is 0 Å². The molecule has 1 saturated heterocycles. The number of hydrogen-bond donors (Lipinski definition) is 2. The number of halogens is 4. The third-order valence-corrected chi connectivity index (χ3v) is 4.72. The summed E-state index contributed by atoms with van der Waals surface area (Å²) in [6.45, 7) is 15.7. The summed E-state index contributed by atoms with van der Waals surface area (Å²) in [4.78, 5) is 34.4. The molecule has 29 heavy (non-hydrogen) atoms. The number of rotatable bonds is 3. The first-order valence-corrected chi connectivity index (χ1v) is 11.4. The van der Waals surface area contributed by atoms with Crippen molar-refractivity contribution in [2.45, 2.75) is 54.1 Å². The van der Waals surface area contributed by atoms with Crippen LogP contribution in [0.25, 0.3) is 0 Å². The Balaban J connectivity index is 0. The van der Waals surface area contributed by atoms with Crippen LogP contribution >= 0.6 is 22.6 Å². The number of likely N-dealkylation sites (tertiary alicyclic amines) is 1. The van der Waals surface area contributed by atoms with Gasteiger partial charge in [-0.05, 0) is 34.5 Å². The number of primary amides is 1. The van der Waals surface area contributed by atoms with Crippen LogP contribution in [-0.2, 0) is 14.4 Å². The van der Waals surface area contributed by atoms with Crippen molar-refractivity contribution in [1.82, 2.24) is 10.2 Å². The third kappa shape index (κ3) is 11.6. The van der Waals surface area contributed by atoms with E-state index in [9.17, 15) is 22.8 Å². The van der Waals surface area contributed by atoms with E-state index in [2.05, 4.69) is 73.2 Å². The standard InChI is InChI=1S/C13H23NO.C3H7NO.C2H2F3NO.CH3I/c1-12(2,3)6-11(15)14-7-9-10(8-14)13(9,4)5;1-2-4-3-5;3-2(4,5)1(6)7;1-2/h9-10H,6-8H2,1-5H3;3H,2H2,1H3,(H,4,5);(H2,6,7);1H3. The second kappa shape index (κ2) is 12.6. The number of amides is 3.